The summed E-state index contributed by atoms with van der Waals surface area (Å²) in [7, 11) is 0. The molecule has 0 aliphatic rings. The van der Waals surface area contributed by atoms with Crippen LogP contribution in [0.2, 0.25) is 0 Å². The summed E-state index contributed by atoms with van der Waals surface area (Å²) < 4.78 is 0. The van der Waals surface area contributed by atoms with E-state index in [1.165, 1.54) is 0 Å². The minimum absolute atomic E-state index is 0.0108. The Hall–Kier alpha value is -0.930. The average molecular weight is 166 g/mol. The second kappa shape index (κ2) is 4.18. The zero-order valence-electron chi connectivity index (χ0n) is 7.20. The Morgan fingerprint density at radius 1 is 1.67 bits per heavy atom. The summed E-state index contributed by atoms with van der Waals surface area (Å²) in [6.07, 6.45) is 2.54. The molecule has 0 aliphatic carbocycles. The van der Waals surface area contributed by atoms with Crippen LogP contribution in [0.3, 0.4) is 0 Å². The van der Waals surface area contributed by atoms with Gasteiger partial charge in [0.2, 0.25) is 0 Å². The molecule has 12 heavy (non-hydrogen) atoms. The largest absolute Gasteiger partial charge is 0.392 e. The molecule has 0 radical (unpaired) electrons. The highest BCUT2D eigenvalue weighted by Crippen LogP contribution is 2.15. The third-order valence-electron chi connectivity index (χ3n) is 1.89. The van der Waals surface area contributed by atoms with Crippen molar-refractivity contribution in [1.29, 1.82) is 0 Å². The first-order valence-corrected chi connectivity index (χ1v) is 4.09. The van der Waals surface area contributed by atoms with Gasteiger partial charge in [0.1, 0.15) is 0 Å². The first kappa shape index (κ1) is 9.16. The molecule has 0 aromatic carbocycles. The van der Waals surface area contributed by atoms with Gasteiger partial charge in [-0.3, -0.25) is 4.98 Å². The molecule has 1 rings (SSSR count). The third kappa shape index (κ3) is 1.81. The van der Waals surface area contributed by atoms with E-state index in [4.69, 9.17) is 10.8 Å². The van der Waals surface area contributed by atoms with E-state index in [2.05, 4.69) is 4.98 Å². The minimum Gasteiger partial charge on any atom is -0.392 e. The van der Waals surface area contributed by atoms with Crippen LogP contribution in [0.25, 0.3) is 0 Å². The Labute approximate surface area is 72.2 Å². The van der Waals surface area contributed by atoms with Crippen LogP contribution >= 0.6 is 0 Å². The molecular weight excluding hydrogens is 152 g/mol. The summed E-state index contributed by atoms with van der Waals surface area (Å²) in [6.45, 7) is 2.01. The number of aromatic nitrogens is 1. The summed E-state index contributed by atoms with van der Waals surface area (Å²) >= 11 is 0. The van der Waals surface area contributed by atoms with E-state index in [9.17, 15) is 0 Å². The van der Waals surface area contributed by atoms with Crippen molar-refractivity contribution in [3.8, 4) is 0 Å². The Bertz CT molecular complexity index is 250. The van der Waals surface area contributed by atoms with Crippen LogP contribution in [0.15, 0.2) is 18.3 Å². The number of aliphatic hydroxyl groups excluding tert-OH is 1. The molecule has 3 nitrogen and oxygen atoms in total. The van der Waals surface area contributed by atoms with E-state index in [0.29, 0.717) is 0 Å². The van der Waals surface area contributed by atoms with E-state index in [1.807, 2.05) is 13.0 Å². The summed E-state index contributed by atoms with van der Waals surface area (Å²) in [5, 5.41) is 8.97. The average Bonchev–Trinajstić information content (AvgIpc) is 2.16. The Kier molecular flexibility index (Phi) is 3.19. The molecule has 0 unspecified atom stereocenters. The van der Waals surface area contributed by atoms with Crippen LogP contribution in [-0.4, -0.2) is 10.1 Å². The topological polar surface area (TPSA) is 59.1 Å². The van der Waals surface area contributed by atoms with Crippen LogP contribution < -0.4 is 5.73 Å². The molecule has 0 saturated carbocycles. The van der Waals surface area contributed by atoms with Crippen molar-refractivity contribution < 1.29 is 5.11 Å². The van der Waals surface area contributed by atoms with Crippen LogP contribution in [0.1, 0.15) is 30.6 Å². The lowest BCUT2D eigenvalue weighted by Gasteiger charge is -2.11. The van der Waals surface area contributed by atoms with E-state index < -0.39 is 0 Å². The second-order valence-corrected chi connectivity index (χ2v) is 2.72. The van der Waals surface area contributed by atoms with Gasteiger partial charge in [-0.25, -0.2) is 0 Å². The number of pyridine rings is 1. The standard InChI is InChI=1S/C9H14N2O/c1-2-8(10)9-7(6-12)4-3-5-11-9/h3-5,8,12H,2,6,10H2,1H3/t8-/m1/s1. The van der Waals surface area contributed by atoms with Gasteiger partial charge in [0.25, 0.3) is 0 Å². The maximum atomic E-state index is 8.97. The number of nitrogens with zero attached hydrogens (tertiary/aromatic N) is 1. The van der Waals surface area contributed by atoms with Crippen molar-refractivity contribution in [2.24, 2.45) is 5.73 Å². The smallest absolute Gasteiger partial charge is 0.0700 e. The molecule has 1 atom stereocenters. The lowest BCUT2D eigenvalue weighted by atomic mass is 10.1. The minimum atomic E-state index is -0.0617. The fourth-order valence-electron chi connectivity index (χ4n) is 1.11. The molecule has 66 valence electrons. The summed E-state index contributed by atoms with van der Waals surface area (Å²) in [5.41, 5.74) is 7.43. The van der Waals surface area contributed by atoms with Gasteiger partial charge in [-0.15, -0.1) is 0 Å². The fourth-order valence-corrected chi connectivity index (χ4v) is 1.11. The SMILES string of the molecule is CC[C@@H](N)c1ncccc1CO. The summed E-state index contributed by atoms with van der Waals surface area (Å²) in [5.74, 6) is 0. The van der Waals surface area contributed by atoms with Crippen LogP contribution in [0, 0.1) is 0 Å². The van der Waals surface area contributed by atoms with Crippen LogP contribution in [0.4, 0.5) is 0 Å². The van der Waals surface area contributed by atoms with E-state index in [0.717, 1.165) is 17.7 Å². The van der Waals surface area contributed by atoms with Gasteiger partial charge in [0.05, 0.1) is 12.3 Å². The number of nitrogens with two attached hydrogens (primary N) is 1. The van der Waals surface area contributed by atoms with Crippen molar-refractivity contribution in [2.45, 2.75) is 26.0 Å². The summed E-state index contributed by atoms with van der Waals surface area (Å²) in [6, 6.07) is 3.59. The van der Waals surface area contributed by atoms with E-state index >= 15 is 0 Å². The molecule has 3 N–H and O–H groups in total. The van der Waals surface area contributed by atoms with E-state index in [-0.39, 0.29) is 12.6 Å². The maximum Gasteiger partial charge on any atom is 0.0700 e. The zero-order chi connectivity index (χ0) is 8.97. The quantitative estimate of drug-likeness (QED) is 0.703. The third-order valence-corrected chi connectivity index (χ3v) is 1.89. The van der Waals surface area contributed by atoms with E-state index in [1.54, 1.807) is 12.3 Å². The van der Waals surface area contributed by atoms with Gasteiger partial charge in [-0.2, -0.15) is 0 Å². The first-order valence-electron chi connectivity index (χ1n) is 4.09. The molecule has 1 heterocycles. The second-order valence-electron chi connectivity index (χ2n) is 2.72. The van der Waals surface area contributed by atoms with Crippen molar-refractivity contribution in [1.82, 2.24) is 4.98 Å². The lowest BCUT2D eigenvalue weighted by molar-refractivity contribution is 0.279. The molecule has 0 amide bonds. The number of hydrogen-bond acceptors (Lipinski definition) is 3. The maximum absolute atomic E-state index is 8.97. The fraction of sp³-hybridized carbons (Fsp3) is 0.444. The van der Waals surface area contributed by atoms with Gasteiger partial charge >= 0.3 is 0 Å². The molecule has 3 heteroatoms. The first-order chi connectivity index (χ1) is 5.79. The molecule has 0 spiro atoms. The van der Waals surface area contributed by atoms with Crippen LogP contribution in [0.5, 0.6) is 0 Å². The van der Waals surface area contributed by atoms with Crippen molar-refractivity contribution >= 4 is 0 Å². The van der Waals surface area contributed by atoms with Gasteiger partial charge in [-0.05, 0) is 12.5 Å². The van der Waals surface area contributed by atoms with Crippen molar-refractivity contribution in [3.05, 3.63) is 29.6 Å². The Balaban J connectivity index is 2.96. The van der Waals surface area contributed by atoms with Crippen LogP contribution in [-0.2, 0) is 6.61 Å². The zero-order valence-corrected chi connectivity index (χ0v) is 7.20. The highest BCUT2D eigenvalue weighted by molar-refractivity contribution is 5.21. The monoisotopic (exact) mass is 166 g/mol. The summed E-state index contributed by atoms with van der Waals surface area (Å²) in [4.78, 5) is 4.14. The van der Waals surface area contributed by atoms with Gasteiger partial charge in [-0.1, -0.05) is 13.0 Å². The Morgan fingerprint density at radius 3 is 3.00 bits per heavy atom. The molecule has 0 aliphatic heterocycles. The number of aliphatic hydroxyl groups is 1. The molecule has 1 aromatic heterocycles. The molecule has 1 aromatic rings. The molecule has 0 saturated heterocycles. The highest BCUT2D eigenvalue weighted by atomic mass is 16.3. The van der Waals surface area contributed by atoms with Crippen molar-refractivity contribution in [3.63, 3.8) is 0 Å². The van der Waals surface area contributed by atoms with Crippen molar-refractivity contribution in [2.75, 3.05) is 0 Å². The Morgan fingerprint density at radius 2 is 2.42 bits per heavy atom. The molecule has 0 bridgehead atoms. The number of hydrogen-bond donors (Lipinski definition) is 2. The predicted octanol–water partition coefficient (Wildman–Crippen LogP) is 0.984. The number of rotatable bonds is 3. The predicted molar refractivity (Wildman–Crippen MR) is 47.4 cm³/mol. The normalized spacial score (nSPS) is 12.9. The highest BCUT2D eigenvalue weighted by Gasteiger charge is 2.08. The molecular formula is C9H14N2O. The van der Waals surface area contributed by atoms with Gasteiger partial charge in [0, 0.05) is 17.8 Å². The van der Waals surface area contributed by atoms with Gasteiger partial charge in [0.15, 0.2) is 0 Å². The van der Waals surface area contributed by atoms with Gasteiger partial charge < -0.3 is 10.8 Å². The lowest BCUT2D eigenvalue weighted by Crippen LogP contribution is -2.13. The molecule has 0 fully saturated rings.